The Morgan fingerprint density at radius 2 is 1.75 bits per heavy atom. The Morgan fingerprint density at radius 3 is 2.40 bits per heavy atom. The topological polar surface area (TPSA) is 55.5 Å². The lowest BCUT2D eigenvalue weighted by Gasteiger charge is -2.27. The molecule has 0 spiro atoms. The summed E-state index contributed by atoms with van der Waals surface area (Å²) in [4.78, 5) is 0. The highest BCUT2D eigenvalue weighted by atomic mass is 16.5. The Morgan fingerprint density at radius 1 is 1.05 bits per heavy atom. The molecule has 0 radical (unpaired) electrons. The maximum Gasteiger partial charge on any atom is 0.104 e. The molecule has 114 valence electrons. The van der Waals surface area contributed by atoms with Gasteiger partial charge in [-0.05, 0) is 12.0 Å². The van der Waals surface area contributed by atoms with Crippen LogP contribution < -0.4 is 5.73 Å². The SMILES string of the molecule is CCCCCCCOCCC(O)(CN)c1ccccc1. The molecule has 0 fully saturated rings. The van der Waals surface area contributed by atoms with E-state index in [0.29, 0.717) is 13.0 Å². The number of hydrogen-bond acceptors (Lipinski definition) is 3. The molecule has 0 saturated heterocycles. The molecule has 3 nitrogen and oxygen atoms in total. The van der Waals surface area contributed by atoms with Gasteiger partial charge in [0.05, 0.1) is 0 Å². The van der Waals surface area contributed by atoms with Crippen molar-refractivity contribution >= 4 is 0 Å². The van der Waals surface area contributed by atoms with Crippen LogP contribution in [0.25, 0.3) is 0 Å². The lowest BCUT2D eigenvalue weighted by molar-refractivity contribution is 0.00224. The number of benzene rings is 1. The molecule has 1 aromatic carbocycles. The third-order valence-electron chi connectivity index (χ3n) is 3.70. The summed E-state index contributed by atoms with van der Waals surface area (Å²) in [6, 6.07) is 9.61. The number of nitrogens with two attached hydrogens (primary N) is 1. The van der Waals surface area contributed by atoms with Gasteiger partial charge in [-0.25, -0.2) is 0 Å². The van der Waals surface area contributed by atoms with Gasteiger partial charge in [0.15, 0.2) is 0 Å². The summed E-state index contributed by atoms with van der Waals surface area (Å²) in [6.45, 7) is 3.76. The van der Waals surface area contributed by atoms with E-state index >= 15 is 0 Å². The van der Waals surface area contributed by atoms with Gasteiger partial charge in [-0.1, -0.05) is 62.9 Å². The number of unbranched alkanes of at least 4 members (excludes halogenated alkanes) is 4. The summed E-state index contributed by atoms with van der Waals surface area (Å²) < 4.78 is 5.62. The minimum Gasteiger partial charge on any atom is -0.384 e. The van der Waals surface area contributed by atoms with Crippen molar-refractivity contribution in [2.75, 3.05) is 19.8 Å². The van der Waals surface area contributed by atoms with Crippen LogP contribution in [0.5, 0.6) is 0 Å². The van der Waals surface area contributed by atoms with Crippen LogP contribution >= 0.6 is 0 Å². The fourth-order valence-electron chi connectivity index (χ4n) is 2.26. The summed E-state index contributed by atoms with van der Waals surface area (Å²) in [5.41, 5.74) is 5.63. The minimum atomic E-state index is -0.969. The smallest absolute Gasteiger partial charge is 0.104 e. The van der Waals surface area contributed by atoms with Crippen LogP contribution in [0.2, 0.25) is 0 Å². The molecule has 0 bridgehead atoms. The molecule has 0 aliphatic heterocycles. The van der Waals surface area contributed by atoms with Crippen LogP contribution in [0, 0.1) is 0 Å². The molecule has 0 amide bonds. The first-order valence-corrected chi connectivity index (χ1v) is 7.78. The second kappa shape index (κ2) is 9.92. The highest BCUT2D eigenvalue weighted by Crippen LogP contribution is 2.23. The summed E-state index contributed by atoms with van der Waals surface area (Å²) in [5, 5.41) is 10.6. The Hall–Kier alpha value is -0.900. The van der Waals surface area contributed by atoms with Gasteiger partial charge < -0.3 is 15.6 Å². The molecule has 0 saturated carbocycles. The molecule has 0 aliphatic carbocycles. The van der Waals surface area contributed by atoms with E-state index in [1.807, 2.05) is 30.3 Å². The second-order valence-corrected chi connectivity index (χ2v) is 5.38. The maximum absolute atomic E-state index is 10.6. The van der Waals surface area contributed by atoms with Crippen molar-refractivity contribution < 1.29 is 9.84 Å². The lowest BCUT2D eigenvalue weighted by atomic mass is 9.91. The molecule has 3 N–H and O–H groups in total. The molecule has 1 unspecified atom stereocenters. The lowest BCUT2D eigenvalue weighted by Crippen LogP contribution is -2.36. The van der Waals surface area contributed by atoms with Gasteiger partial charge in [-0.15, -0.1) is 0 Å². The summed E-state index contributed by atoms with van der Waals surface area (Å²) in [5.74, 6) is 0. The maximum atomic E-state index is 10.6. The average molecular weight is 279 g/mol. The van der Waals surface area contributed by atoms with Crippen molar-refractivity contribution in [2.45, 2.75) is 51.0 Å². The Labute approximate surface area is 123 Å². The standard InChI is InChI=1S/C17H29NO2/c1-2-3-4-5-9-13-20-14-12-17(19,15-18)16-10-7-6-8-11-16/h6-8,10-11,19H,2-5,9,12-15,18H2,1H3. The van der Waals surface area contributed by atoms with Crippen LogP contribution in [-0.2, 0) is 10.3 Å². The highest BCUT2D eigenvalue weighted by Gasteiger charge is 2.26. The number of hydrogen-bond donors (Lipinski definition) is 2. The van der Waals surface area contributed by atoms with Gasteiger partial charge >= 0.3 is 0 Å². The average Bonchev–Trinajstić information content (AvgIpc) is 2.50. The van der Waals surface area contributed by atoms with E-state index in [0.717, 1.165) is 18.6 Å². The number of ether oxygens (including phenoxy) is 1. The third kappa shape index (κ3) is 6.04. The fourth-order valence-corrected chi connectivity index (χ4v) is 2.26. The second-order valence-electron chi connectivity index (χ2n) is 5.38. The molecule has 0 heterocycles. The van der Waals surface area contributed by atoms with Gasteiger partial charge in [0, 0.05) is 26.2 Å². The normalized spacial score (nSPS) is 14.2. The van der Waals surface area contributed by atoms with Crippen LogP contribution in [0.3, 0.4) is 0 Å². The summed E-state index contributed by atoms with van der Waals surface area (Å²) >= 11 is 0. The molecular formula is C17H29NO2. The van der Waals surface area contributed by atoms with Crippen LogP contribution in [0.15, 0.2) is 30.3 Å². The van der Waals surface area contributed by atoms with E-state index in [9.17, 15) is 5.11 Å². The van der Waals surface area contributed by atoms with E-state index in [4.69, 9.17) is 10.5 Å². The van der Waals surface area contributed by atoms with Crippen molar-refractivity contribution in [1.82, 2.24) is 0 Å². The first-order valence-electron chi connectivity index (χ1n) is 7.78. The van der Waals surface area contributed by atoms with Gasteiger partial charge in [0.2, 0.25) is 0 Å². The van der Waals surface area contributed by atoms with E-state index in [2.05, 4.69) is 6.92 Å². The van der Waals surface area contributed by atoms with Crippen molar-refractivity contribution in [3.05, 3.63) is 35.9 Å². The van der Waals surface area contributed by atoms with Crippen molar-refractivity contribution in [3.63, 3.8) is 0 Å². The first-order chi connectivity index (χ1) is 9.73. The van der Waals surface area contributed by atoms with Gasteiger partial charge in [-0.2, -0.15) is 0 Å². The van der Waals surface area contributed by atoms with Crippen LogP contribution in [0.4, 0.5) is 0 Å². The molecule has 0 aliphatic rings. The molecule has 1 aromatic rings. The van der Waals surface area contributed by atoms with Gasteiger partial charge in [0.1, 0.15) is 5.60 Å². The predicted molar refractivity (Wildman–Crippen MR) is 83.6 cm³/mol. The third-order valence-corrected chi connectivity index (χ3v) is 3.70. The molecule has 0 aromatic heterocycles. The van der Waals surface area contributed by atoms with E-state index in [1.54, 1.807) is 0 Å². The zero-order chi connectivity index (χ0) is 14.7. The van der Waals surface area contributed by atoms with Crippen LogP contribution in [-0.4, -0.2) is 24.9 Å². The first kappa shape index (κ1) is 17.2. The molecular weight excluding hydrogens is 250 g/mol. The van der Waals surface area contributed by atoms with Crippen molar-refractivity contribution in [3.8, 4) is 0 Å². The molecule has 3 heteroatoms. The van der Waals surface area contributed by atoms with E-state index < -0.39 is 5.60 Å². The zero-order valence-electron chi connectivity index (χ0n) is 12.7. The Bertz CT molecular complexity index is 342. The van der Waals surface area contributed by atoms with Crippen molar-refractivity contribution in [2.24, 2.45) is 5.73 Å². The number of aliphatic hydroxyl groups is 1. The quantitative estimate of drug-likeness (QED) is 0.612. The molecule has 20 heavy (non-hydrogen) atoms. The summed E-state index contributed by atoms with van der Waals surface area (Å²) in [7, 11) is 0. The molecule has 1 rings (SSSR count). The Balaban J connectivity index is 2.22. The Kier molecular flexibility index (Phi) is 8.51. The monoisotopic (exact) mass is 279 g/mol. The van der Waals surface area contributed by atoms with Gasteiger partial charge in [-0.3, -0.25) is 0 Å². The number of rotatable bonds is 11. The molecule has 1 atom stereocenters. The minimum absolute atomic E-state index is 0.219. The zero-order valence-corrected chi connectivity index (χ0v) is 12.7. The summed E-state index contributed by atoms with van der Waals surface area (Å²) in [6.07, 6.45) is 6.74. The fraction of sp³-hybridized carbons (Fsp3) is 0.647. The van der Waals surface area contributed by atoms with Gasteiger partial charge in [0.25, 0.3) is 0 Å². The predicted octanol–water partition coefficient (Wildman–Crippen LogP) is 3.21. The van der Waals surface area contributed by atoms with E-state index in [1.165, 1.54) is 25.7 Å². The van der Waals surface area contributed by atoms with E-state index in [-0.39, 0.29) is 6.54 Å². The van der Waals surface area contributed by atoms with Crippen molar-refractivity contribution in [1.29, 1.82) is 0 Å². The highest BCUT2D eigenvalue weighted by molar-refractivity contribution is 5.22. The van der Waals surface area contributed by atoms with Crippen LogP contribution in [0.1, 0.15) is 51.0 Å². The largest absolute Gasteiger partial charge is 0.384 e.